The average molecular weight is 267 g/mol. The van der Waals surface area contributed by atoms with Gasteiger partial charge in [0.25, 0.3) is 0 Å². The molecule has 0 spiro atoms. The number of rotatable bonds is 4. The Morgan fingerprint density at radius 2 is 2.18 bits per heavy atom. The zero-order chi connectivity index (χ0) is 12.3. The monoisotopic (exact) mass is 266 g/mol. The smallest absolute Gasteiger partial charge is 0.0931 e. The van der Waals surface area contributed by atoms with Crippen molar-refractivity contribution in [1.82, 2.24) is 9.88 Å². The first kappa shape index (κ1) is 12.6. The van der Waals surface area contributed by atoms with Gasteiger partial charge in [-0.2, -0.15) is 0 Å². The molecule has 0 bridgehead atoms. The maximum absolute atomic E-state index is 5.93. The highest BCUT2D eigenvalue weighted by Gasteiger charge is 2.13. The summed E-state index contributed by atoms with van der Waals surface area (Å²) < 4.78 is 0.846. The van der Waals surface area contributed by atoms with Crippen molar-refractivity contribution in [2.24, 2.45) is 0 Å². The molecule has 2 aromatic rings. The lowest BCUT2D eigenvalue weighted by atomic mass is 10.2. The molecule has 0 saturated heterocycles. The lowest BCUT2D eigenvalue weighted by Gasteiger charge is -2.23. The third-order valence-electron chi connectivity index (χ3n) is 2.81. The zero-order valence-corrected chi connectivity index (χ0v) is 11.5. The molecule has 0 saturated carbocycles. The van der Waals surface area contributed by atoms with Gasteiger partial charge in [0.15, 0.2) is 0 Å². The van der Waals surface area contributed by atoms with E-state index in [0.717, 1.165) is 16.6 Å². The number of hydrogen-bond donors (Lipinski definition) is 0. The Morgan fingerprint density at radius 3 is 2.76 bits per heavy atom. The van der Waals surface area contributed by atoms with Gasteiger partial charge in [-0.3, -0.25) is 9.88 Å². The molecule has 0 radical (unpaired) electrons. The minimum absolute atomic E-state index is 0.303. The largest absolute Gasteiger partial charge is 0.293 e. The van der Waals surface area contributed by atoms with Crippen molar-refractivity contribution in [3.05, 3.63) is 51.4 Å². The Morgan fingerprint density at radius 1 is 1.35 bits per heavy atom. The highest BCUT2D eigenvalue weighted by molar-refractivity contribution is 7.16. The molecular formula is C13H15ClN2S. The summed E-state index contributed by atoms with van der Waals surface area (Å²) in [5.41, 5.74) is 1.10. The van der Waals surface area contributed by atoms with Crippen molar-refractivity contribution >= 4 is 22.9 Å². The maximum atomic E-state index is 5.93. The van der Waals surface area contributed by atoms with E-state index in [1.54, 1.807) is 11.3 Å². The van der Waals surface area contributed by atoms with Gasteiger partial charge in [0.05, 0.1) is 10.0 Å². The van der Waals surface area contributed by atoms with Crippen molar-refractivity contribution in [1.29, 1.82) is 0 Å². The third kappa shape index (κ3) is 3.28. The van der Waals surface area contributed by atoms with Crippen LogP contribution in [0.2, 0.25) is 4.34 Å². The zero-order valence-electron chi connectivity index (χ0n) is 9.93. The Kier molecular flexibility index (Phi) is 4.15. The van der Waals surface area contributed by atoms with Crippen LogP contribution in [0, 0.1) is 0 Å². The third-order valence-corrected chi connectivity index (χ3v) is 4.03. The molecule has 0 aliphatic heterocycles. The van der Waals surface area contributed by atoms with Gasteiger partial charge in [0, 0.05) is 23.7 Å². The molecule has 2 aromatic heterocycles. The molecular weight excluding hydrogens is 252 g/mol. The van der Waals surface area contributed by atoms with E-state index in [0.29, 0.717) is 6.04 Å². The highest BCUT2D eigenvalue weighted by Crippen LogP contribution is 2.25. The molecule has 2 rings (SSSR count). The molecule has 0 aliphatic carbocycles. The second-order valence-corrected chi connectivity index (χ2v) is 5.85. The van der Waals surface area contributed by atoms with E-state index in [1.807, 2.05) is 24.4 Å². The minimum atomic E-state index is 0.303. The van der Waals surface area contributed by atoms with E-state index in [1.165, 1.54) is 4.88 Å². The molecule has 2 heterocycles. The molecule has 0 N–H and O–H groups in total. The highest BCUT2D eigenvalue weighted by atomic mass is 35.5. The normalized spacial score (nSPS) is 12.9. The number of pyridine rings is 1. The summed E-state index contributed by atoms with van der Waals surface area (Å²) in [6.07, 6.45) is 1.84. The SMILES string of the molecule is C[C@H](c1ccccn1)N(C)Cc1ccc(Cl)s1. The number of thiophene rings is 1. The Labute approximate surface area is 111 Å². The summed E-state index contributed by atoms with van der Waals surface area (Å²) in [7, 11) is 2.10. The molecule has 1 atom stereocenters. The molecule has 0 amide bonds. The first-order valence-corrected chi connectivity index (χ1v) is 6.71. The summed E-state index contributed by atoms with van der Waals surface area (Å²) in [6, 6.07) is 10.3. The minimum Gasteiger partial charge on any atom is -0.293 e. The lowest BCUT2D eigenvalue weighted by molar-refractivity contribution is 0.251. The summed E-state index contributed by atoms with van der Waals surface area (Å²) in [6.45, 7) is 3.06. The van der Waals surface area contributed by atoms with Crippen molar-refractivity contribution in [2.45, 2.75) is 19.5 Å². The predicted molar refractivity (Wildman–Crippen MR) is 73.4 cm³/mol. The van der Waals surface area contributed by atoms with E-state index in [4.69, 9.17) is 11.6 Å². The molecule has 0 aromatic carbocycles. The van der Waals surface area contributed by atoms with Crippen LogP contribution in [0.25, 0.3) is 0 Å². The van der Waals surface area contributed by atoms with Crippen LogP contribution >= 0.6 is 22.9 Å². The van der Waals surface area contributed by atoms with E-state index >= 15 is 0 Å². The van der Waals surface area contributed by atoms with Gasteiger partial charge in [0.2, 0.25) is 0 Å². The maximum Gasteiger partial charge on any atom is 0.0931 e. The lowest BCUT2D eigenvalue weighted by Crippen LogP contribution is -2.22. The molecule has 0 fully saturated rings. The van der Waals surface area contributed by atoms with Crippen LogP contribution in [0.4, 0.5) is 0 Å². The second-order valence-electron chi connectivity index (χ2n) is 4.05. The van der Waals surface area contributed by atoms with Crippen molar-refractivity contribution in [2.75, 3.05) is 7.05 Å². The van der Waals surface area contributed by atoms with E-state index in [9.17, 15) is 0 Å². The number of aromatic nitrogens is 1. The fraction of sp³-hybridized carbons (Fsp3) is 0.308. The van der Waals surface area contributed by atoms with E-state index < -0.39 is 0 Å². The van der Waals surface area contributed by atoms with Gasteiger partial charge in [-0.25, -0.2) is 0 Å². The fourth-order valence-corrected chi connectivity index (χ4v) is 2.82. The Hall–Kier alpha value is -0.900. The van der Waals surface area contributed by atoms with Crippen LogP contribution < -0.4 is 0 Å². The van der Waals surface area contributed by atoms with Crippen LogP contribution in [-0.2, 0) is 6.54 Å². The summed E-state index contributed by atoms with van der Waals surface area (Å²) >= 11 is 7.56. The molecule has 90 valence electrons. The first-order valence-electron chi connectivity index (χ1n) is 5.52. The second kappa shape index (κ2) is 5.63. The predicted octanol–water partition coefficient (Wildman–Crippen LogP) is 3.99. The standard InChI is InChI=1S/C13H15ClN2S/c1-10(12-5-3-4-8-15-12)16(2)9-11-6-7-13(14)17-11/h3-8,10H,9H2,1-2H3/t10-/m1/s1. The average Bonchev–Trinajstić information content (AvgIpc) is 2.75. The molecule has 0 aliphatic rings. The number of hydrogen-bond acceptors (Lipinski definition) is 3. The van der Waals surface area contributed by atoms with Gasteiger partial charge in [-0.05, 0) is 38.2 Å². The van der Waals surface area contributed by atoms with Gasteiger partial charge < -0.3 is 0 Å². The van der Waals surface area contributed by atoms with Crippen LogP contribution in [0.15, 0.2) is 36.5 Å². The van der Waals surface area contributed by atoms with Crippen molar-refractivity contribution in [3.63, 3.8) is 0 Å². The van der Waals surface area contributed by atoms with Crippen LogP contribution in [0.1, 0.15) is 23.5 Å². The van der Waals surface area contributed by atoms with Gasteiger partial charge in [-0.1, -0.05) is 17.7 Å². The van der Waals surface area contributed by atoms with E-state index in [-0.39, 0.29) is 0 Å². The van der Waals surface area contributed by atoms with Crippen molar-refractivity contribution < 1.29 is 0 Å². The molecule has 17 heavy (non-hydrogen) atoms. The molecule has 4 heteroatoms. The molecule has 0 unspecified atom stereocenters. The quantitative estimate of drug-likeness (QED) is 0.832. The van der Waals surface area contributed by atoms with Crippen molar-refractivity contribution in [3.8, 4) is 0 Å². The Bertz CT molecular complexity index is 469. The number of halogens is 1. The van der Waals surface area contributed by atoms with Crippen LogP contribution in [0.5, 0.6) is 0 Å². The first-order chi connectivity index (χ1) is 8.16. The van der Waals surface area contributed by atoms with Gasteiger partial charge >= 0.3 is 0 Å². The van der Waals surface area contributed by atoms with E-state index in [2.05, 4.69) is 36.0 Å². The topological polar surface area (TPSA) is 16.1 Å². The summed E-state index contributed by atoms with van der Waals surface area (Å²) in [4.78, 5) is 7.93. The van der Waals surface area contributed by atoms with Gasteiger partial charge in [-0.15, -0.1) is 11.3 Å². The summed E-state index contributed by atoms with van der Waals surface area (Å²) in [5, 5.41) is 0. The molecule has 2 nitrogen and oxygen atoms in total. The Balaban J connectivity index is 2.03. The van der Waals surface area contributed by atoms with Crippen LogP contribution in [0.3, 0.4) is 0 Å². The fourth-order valence-electron chi connectivity index (χ4n) is 1.67. The van der Waals surface area contributed by atoms with Gasteiger partial charge in [0.1, 0.15) is 0 Å². The van der Waals surface area contributed by atoms with Crippen LogP contribution in [-0.4, -0.2) is 16.9 Å². The number of nitrogens with zero attached hydrogens (tertiary/aromatic N) is 2. The summed E-state index contributed by atoms with van der Waals surface area (Å²) in [5.74, 6) is 0.